The number of nitrogens with zero attached hydrogens (tertiary/aromatic N) is 1. The van der Waals surface area contributed by atoms with E-state index in [1.54, 1.807) is 0 Å². The van der Waals surface area contributed by atoms with Crippen LogP contribution in [-0.4, -0.2) is 4.57 Å². The van der Waals surface area contributed by atoms with Crippen LogP contribution in [0.25, 0.3) is 69.9 Å². The van der Waals surface area contributed by atoms with Gasteiger partial charge >= 0.3 is 0 Å². The lowest BCUT2D eigenvalue weighted by atomic mass is 9.98. The van der Waals surface area contributed by atoms with Crippen LogP contribution >= 0.6 is 11.3 Å². The molecule has 2 heterocycles. The Labute approximate surface area is 230 Å². The molecule has 0 N–H and O–H groups in total. The molecule has 0 saturated heterocycles. The second-order valence-electron chi connectivity index (χ2n) is 10.5. The minimum atomic E-state index is 1.03. The van der Waals surface area contributed by atoms with Crippen LogP contribution in [0.5, 0.6) is 0 Å². The molecule has 0 aliphatic heterocycles. The van der Waals surface area contributed by atoms with Gasteiger partial charge in [0.15, 0.2) is 0 Å². The van der Waals surface area contributed by atoms with Gasteiger partial charge in [0.25, 0.3) is 0 Å². The fourth-order valence-corrected chi connectivity index (χ4v) is 7.81. The van der Waals surface area contributed by atoms with Gasteiger partial charge < -0.3 is 4.57 Å². The van der Waals surface area contributed by atoms with Gasteiger partial charge in [-0.1, -0.05) is 91.0 Å². The highest BCUT2D eigenvalue weighted by atomic mass is 32.1. The Hall–Kier alpha value is -4.66. The van der Waals surface area contributed by atoms with Gasteiger partial charge in [0.05, 0.1) is 11.0 Å². The zero-order chi connectivity index (χ0) is 25.5. The molecule has 0 radical (unpaired) electrons. The molecular weight excluding hydrogens is 490 g/mol. The Morgan fingerprint density at radius 1 is 0.513 bits per heavy atom. The van der Waals surface area contributed by atoms with E-state index in [1.165, 1.54) is 81.0 Å². The Bertz CT molecular complexity index is 2250. The van der Waals surface area contributed by atoms with Crippen LogP contribution in [0, 0.1) is 0 Å². The maximum atomic E-state index is 2.46. The lowest BCUT2D eigenvalue weighted by molar-refractivity contribution is 1.18. The molecule has 0 saturated carbocycles. The van der Waals surface area contributed by atoms with Crippen molar-refractivity contribution < 1.29 is 0 Å². The highest BCUT2D eigenvalue weighted by Gasteiger charge is 2.23. The van der Waals surface area contributed by atoms with Crippen LogP contribution < -0.4 is 0 Å². The highest BCUT2D eigenvalue weighted by molar-refractivity contribution is 7.26. The lowest BCUT2D eigenvalue weighted by Crippen LogP contribution is -1.94. The molecule has 8 aromatic rings. The van der Waals surface area contributed by atoms with E-state index in [1.807, 2.05) is 11.3 Å². The molecule has 1 aliphatic rings. The molecule has 0 atom stereocenters. The smallest absolute Gasteiger partial charge is 0.0555 e. The van der Waals surface area contributed by atoms with Crippen molar-refractivity contribution in [3.8, 4) is 27.9 Å². The molecule has 182 valence electrons. The van der Waals surface area contributed by atoms with Crippen molar-refractivity contribution in [2.45, 2.75) is 6.42 Å². The summed E-state index contributed by atoms with van der Waals surface area (Å²) in [6.45, 7) is 0. The normalized spacial score (nSPS) is 12.5. The van der Waals surface area contributed by atoms with Gasteiger partial charge in [-0.15, -0.1) is 11.3 Å². The summed E-state index contributed by atoms with van der Waals surface area (Å²) in [5, 5.41) is 5.40. The number of thiophene rings is 1. The standard InChI is InChI=1S/C37H23NS/c1-2-9-23(10-3-1)24-12-8-13-27(20-24)38-32-16-7-6-15-29(32)30-21-31-35(22-33(30)38)39-34-18-17-26-19-25-11-4-5-14-28(25)36(26)37(31)34/h1-18,20-22H,19H2. The summed E-state index contributed by atoms with van der Waals surface area (Å²) in [6, 6.07) is 46.9. The first-order valence-corrected chi connectivity index (χ1v) is 14.3. The average molecular weight is 514 g/mol. The summed E-state index contributed by atoms with van der Waals surface area (Å²) in [4.78, 5) is 0. The predicted molar refractivity (Wildman–Crippen MR) is 167 cm³/mol. The molecular formula is C37H23NS. The molecule has 1 nitrogen and oxygen atoms in total. The SMILES string of the molecule is c1ccc(-c2cccc(-n3c4ccccc4c4cc5c(cc43)sc3ccc4c(c35)-c3ccccc3C4)c2)cc1. The molecule has 0 amide bonds. The highest BCUT2D eigenvalue weighted by Crippen LogP contribution is 2.48. The van der Waals surface area contributed by atoms with Gasteiger partial charge in [-0.3, -0.25) is 0 Å². The van der Waals surface area contributed by atoms with Crippen LogP contribution in [0.4, 0.5) is 0 Å². The molecule has 1 aliphatic carbocycles. The summed E-state index contributed by atoms with van der Waals surface area (Å²) in [5.74, 6) is 0. The van der Waals surface area contributed by atoms with Gasteiger partial charge in [-0.05, 0) is 76.2 Å². The first-order chi connectivity index (χ1) is 19.3. The molecule has 6 aromatic carbocycles. The fourth-order valence-electron chi connectivity index (χ4n) is 6.69. The zero-order valence-electron chi connectivity index (χ0n) is 21.2. The number of benzene rings is 6. The summed E-state index contributed by atoms with van der Waals surface area (Å²) in [5.41, 5.74) is 11.9. The number of hydrogen-bond donors (Lipinski definition) is 0. The maximum Gasteiger partial charge on any atom is 0.0555 e. The quantitative estimate of drug-likeness (QED) is 0.217. The lowest BCUT2D eigenvalue weighted by Gasteiger charge is -2.10. The molecule has 0 fully saturated rings. The Balaban J connectivity index is 1.36. The van der Waals surface area contributed by atoms with Crippen LogP contribution in [0.15, 0.2) is 127 Å². The van der Waals surface area contributed by atoms with Gasteiger partial charge in [0.1, 0.15) is 0 Å². The van der Waals surface area contributed by atoms with Crippen molar-refractivity contribution in [1.29, 1.82) is 0 Å². The minimum Gasteiger partial charge on any atom is -0.309 e. The molecule has 0 bridgehead atoms. The third-order valence-corrected chi connectivity index (χ3v) is 9.51. The summed E-state index contributed by atoms with van der Waals surface area (Å²) in [7, 11) is 0. The van der Waals surface area contributed by atoms with Crippen LogP contribution in [0.1, 0.15) is 11.1 Å². The van der Waals surface area contributed by atoms with Gasteiger partial charge in [-0.25, -0.2) is 0 Å². The van der Waals surface area contributed by atoms with Crippen LogP contribution in [0.2, 0.25) is 0 Å². The predicted octanol–water partition coefficient (Wildman–Crippen LogP) is 10.4. The van der Waals surface area contributed by atoms with Crippen LogP contribution in [0.3, 0.4) is 0 Å². The summed E-state index contributed by atoms with van der Waals surface area (Å²) < 4.78 is 5.16. The number of para-hydroxylation sites is 1. The van der Waals surface area contributed by atoms with Crippen molar-refractivity contribution in [2.75, 3.05) is 0 Å². The molecule has 2 heteroatoms. The molecule has 39 heavy (non-hydrogen) atoms. The molecule has 2 aromatic heterocycles. The van der Waals surface area contributed by atoms with E-state index in [9.17, 15) is 0 Å². The number of rotatable bonds is 2. The van der Waals surface area contributed by atoms with E-state index < -0.39 is 0 Å². The van der Waals surface area contributed by atoms with Crippen molar-refractivity contribution >= 4 is 53.3 Å². The van der Waals surface area contributed by atoms with E-state index in [0.29, 0.717) is 0 Å². The average Bonchev–Trinajstić information content (AvgIpc) is 3.65. The van der Waals surface area contributed by atoms with E-state index >= 15 is 0 Å². The third-order valence-electron chi connectivity index (χ3n) is 8.40. The van der Waals surface area contributed by atoms with Crippen molar-refractivity contribution in [3.63, 3.8) is 0 Å². The van der Waals surface area contributed by atoms with E-state index in [0.717, 1.165) is 6.42 Å². The second-order valence-corrected chi connectivity index (χ2v) is 11.6. The number of aromatic nitrogens is 1. The Morgan fingerprint density at radius 3 is 2.28 bits per heavy atom. The second kappa shape index (κ2) is 7.92. The van der Waals surface area contributed by atoms with Crippen molar-refractivity contribution in [3.05, 3.63) is 139 Å². The molecule has 9 rings (SSSR count). The van der Waals surface area contributed by atoms with Gasteiger partial charge in [-0.2, -0.15) is 0 Å². The van der Waals surface area contributed by atoms with Gasteiger partial charge in [0, 0.05) is 36.6 Å². The Morgan fingerprint density at radius 2 is 1.33 bits per heavy atom. The van der Waals surface area contributed by atoms with E-state index in [2.05, 4.69) is 132 Å². The minimum absolute atomic E-state index is 1.03. The maximum absolute atomic E-state index is 2.46. The zero-order valence-corrected chi connectivity index (χ0v) is 22.0. The van der Waals surface area contributed by atoms with Crippen molar-refractivity contribution in [2.24, 2.45) is 0 Å². The van der Waals surface area contributed by atoms with Crippen LogP contribution in [-0.2, 0) is 6.42 Å². The number of hydrogen-bond acceptors (Lipinski definition) is 1. The monoisotopic (exact) mass is 513 g/mol. The first kappa shape index (κ1) is 21.3. The summed E-state index contributed by atoms with van der Waals surface area (Å²) >= 11 is 1.92. The third kappa shape index (κ3) is 3.01. The van der Waals surface area contributed by atoms with E-state index in [4.69, 9.17) is 0 Å². The largest absolute Gasteiger partial charge is 0.309 e. The fraction of sp³-hybridized carbons (Fsp3) is 0.0270. The first-order valence-electron chi connectivity index (χ1n) is 13.5. The summed E-state index contributed by atoms with van der Waals surface area (Å²) in [6.07, 6.45) is 1.03. The van der Waals surface area contributed by atoms with Crippen molar-refractivity contribution in [1.82, 2.24) is 4.57 Å². The molecule has 0 spiro atoms. The molecule has 0 unspecified atom stereocenters. The number of fused-ring (bicyclic) bond motifs is 10. The Kier molecular flexibility index (Phi) is 4.33. The van der Waals surface area contributed by atoms with Gasteiger partial charge in [0.2, 0.25) is 0 Å². The van der Waals surface area contributed by atoms with E-state index in [-0.39, 0.29) is 0 Å². The topological polar surface area (TPSA) is 4.93 Å².